The molecule has 28 heavy (non-hydrogen) atoms. The molecule has 3 rings (SSSR count). The van der Waals surface area contributed by atoms with Gasteiger partial charge in [-0.2, -0.15) is 9.57 Å². The lowest BCUT2D eigenvalue weighted by Crippen LogP contribution is -2.50. The van der Waals surface area contributed by atoms with E-state index in [2.05, 4.69) is 5.32 Å². The van der Waals surface area contributed by atoms with Crippen LogP contribution in [0.1, 0.15) is 5.56 Å². The minimum Gasteiger partial charge on any atom is -0.325 e. The molecule has 1 amide bonds. The number of piperazine rings is 1. The first kappa shape index (κ1) is 20.3. The Hall–Kier alpha value is -2.44. The summed E-state index contributed by atoms with van der Waals surface area (Å²) in [5.74, 6) is -0.173. The third kappa shape index (κ3) is 4.69. The second-order valence-corrected chi connectivity index (χ2v) is 8.69. The lowest BCUT2D eigenvalue weighted by atomic mass is 10.2. The van der Waals surface area contributed by atoms with Crippen molar-refractivity contribution in [3.63, 3.8) is 0 Å². The number of amides is 1. The molecular weight excluding hydrogens is 400 g/mol. The Balaban J connectivity index is 1.57. The van der Waals surface area contributed by atoms with Gasteiger partial charge in [0.2, 0.25) is 15.9 Å². The number of nitrogens with zero attached hydrogens (tertiary/aromatic N) is 3. The van der Waals surface area contributed by atoms with Gasteiger partial charge >= 0.3 is 0 Å². The number of hydrogen-bond donors (Lipinski definition) is 1. The molecule has 0 unspecified atom stereocenters. The Kier molecular flexibility index (Phi) is 6.31. The van der Waals surface area contributed by atoms with Crippen molar-refractivity contribution in [2.45, 2.75) is 4.90 Å². The van der Waals surface area contributed by atoms with Gasteiger partial charge in [-0.1, -0.05) is 23.7 Å². The Morgan fingerprint density at radius 2 is 1.71 bits per heavy atom. The summed E-state index contributed by atoms with van der Waals surface area (Å²) in [5.41, 5.74) is 0.788. The fraction of sp³-hybridized carbons (Fsp3) is 0.263. The molecule has 2 aromatic rings. The lowest BCUT2D eigenvalue weighted by molar-refractivity contribution is -0.117. The van der Waals surface area contributed by atoms with Crippen LogP contribution in [-0.4, -0.2) is 56.3 Å². The minimum absolute atomic E-state index is 0.0198. The van der Waals surface area contributed by atoms with Crippen molar-refractivity contribution in [3.8, 4) is 6.07 Å². The van der Waals surface area contributed by atoms with Crippen molar-refractivity contribution in [1.29, 1.82) is 5.26 Å². The standard InChI is InChI=1S/C19H19ClN4O3S/c20-16-5-7-17(8-6-16)22-19(25)14-23-9-11-24(12-10-23)28(26,27)18-4-2-1-3-15(18)13-21/h1-8H,9-12,14H2,(H,22,25). The molecule has 1 fully saturated rings. The monoisotopic (exact) mass is 418 g/mol. The molecule has 0 saturated carbocycles. The summed E-state index contributed by atoms with van der Waals surface area (Å²) in [4.78, 5) is 14.1. The molecule has 1 aliphatic rings. The fourth-order valence-corrected chi connectivity index (χ4v) is 4.68. The molecule has 1 saturated heterocycles. The smallest absolute Gasteiger partial charge is 0.244 e. The molecule has 1 N–H and O–H groups in total. The highest BCUT2D eigenvalue weighted by Crippen LogP contribution is 2.21. The minimum atomic E-state index is -3.74. The van der Waals surface area contributed by atoms with Crippen LogP contribution in [0.15, 0.2) is 53.4 Å². The molecule has 146 valence electrons. The lowest BCUT2D eigenvalue weighted by Gasteiger charge is -2.33. The summed E-state index contributed by atoms with van der Waals surface area (Å²) in [7, 11) is -3.74. The van der Waals surface area contributed by atoms with Crippen molar-refractivity contribution in [3.05, 3.63) is 59.1 Å². The molecule has 0 aliphatic carbocycles. The van der Waals surface area contributed by atoms with E-state index in [1.165, 1.54) is 16.4 Å². The van der Waals surface area contributed by atoms with Gasteiger partial charge in [0, 0.05) is 36.9 Å². The highest BCUT2D eigenvalue weighted by molar-refractivity contribution is 7.89. The third-order valence-corrected chi connectivity index (χ3v) is 6.66. The van der Waals surface area contributed by atoms with E-state index in [0.29, 0.717) is 23.8 Å². The zero-order chi connectivity index (χ0) is 20.1. The average molecular weight is 419 g/mol. The molecule has 1 heterocycles. The second kappa shape index (κ2) is 8.71. The third-order valence-electron chi connectivity index (χ3n) is 4.45. The number of hydrogen-bond acceptors (Lipinski definition) is 5. The van der Waals surface area contributed by atoms with Gasteiger partial charge in [0.15, 0.2) is 0 Å². The predicted octanol–water partition coefficient (Wildman–Crippen LogP) is 2.16. The molecule has 1 aliphatic heterocycles. The number of sulfonamides is 1. The Labute approximate surface area is 169 Å². The first-order chi connectivity index (χ1) is 13.4. The Morgan fingerprint density at radius 1 is 1.07 bits per heavy atom. The zero-order valence-corrected chi connectivity index (χ0v) is 16.6. The molecule has 0 radical (unpaired) electrons. The van der Waals surface area contributed by atoms with Gasteiger partial charge in [0.25, 0.3) is 0 Å². The highest BCUT2D eigenvalue weighted by atomic mass is 35.5. The number of nitrogens with one attached hydrogen (secondary N) is 1. The number of benzene rings is 2. The number of carbonyl (C=O) groups excluding carboxylic acids is 1. The van der Waals surface area contributed by atoms with Crippen LogP contribution in [0.4, 0.5) is 5.69 Å². The molecule has 0 aromatic heterocycles. The second-order valence-electron chi connectivity index (χ2n) is 6.34. The van der Waals surface area contributed by atoms with Gasteiger partial charge in [-0.25, -0.2) is 8.42 Å². The quantitative estimate of drug-likeness (QED) is 0.803. The van der Waals surface area contributed by atoms with E-state index in [-0.39, 0.29) is 36.0 Å². The van der Waals surface area contributed by atoms with E-state index in [4.69, 9.17) is 16.9 Å². The summed E-state index contributed by atoms with van der Waals surface area (Å²) in [5, 5.41) is 12.5. The van der Waals surface area contributed by atoms with Gasteiger partial charge in [-0.15, -0.1) is 0 Å². The number of halogens is 1. The van der Waals surface area contributed by atoms with Crippen molar-refractivity contribution in [2.75, 3.05) is 38.0 Å². The SMILES string of the molecule is N#Cc1ccccc1S(=O)(=O)N1CCN(CC(=O)Nc2ccc(Cl)cc2)CC1. The van der Waals surface area contributed by atoms with E-state index >= 15 is 0 Å². The first-order valence-corrected chi connectivity index (χ1v) is 10.5. The van der Waals surface area contributed by atoms with Gasteiger partial charge in [-0.05, 0) is 36.4 Å². The average Bonchev–Trinajstić information content (AvgIpc) is 2.70. The van der Waals surface area contributed by atoms with E-state index in [0.717, 1.165) is 0 Å². The highest BCUT2D eigenvalue weighted by Gasteiger charge is 2.30. The molecule has 2 aromatic carbocycles. The van der Waals surface area contributed by atoms with E-state index in [1.807, 2.05) is 11.0 Å². The Bertz CT molecular complexity index is 995. The van der Waals surface area contributed by atoms with Crippen LogP contribution < -0.4 is 5.32 Å². The summed E-state index contributed by atoms with van der Waals surface area (Å²) in [6, 6.07) is 14.9. The van der Waals surface area contributed by atoms with Crippen LogP contribution in [0.25, 0.3) is 0 Å². The molecule has 0 bridgehead atoms. The van der Waals surface area contributed by atoms with Gasteiger partial charge in [0.05, 0.1) is 17.0 Å². The van der Waals surface area contributed by atoms with Gasteiger partial charge in [0.1, 0.15) is 6.07 Å². The van der Waals surface area contributed by atoms with Crippen LogP contribution in [-0.2, 0) is 14.8 Å². The van der Waals surface area contributed by atoms with Crippen LogP contribution in [0.5, 0.6) is 0 Å². The van der Waals surface area contributed by atoms with Gasteiger partial charge in [-0.3, -0.25) is 9.69 Å². The van der Waals surface area contributed by atoms with Gasteiger partial charge < -0.3 is 5.32 Å². The normalized spacial score (nSPS) is 15.7. The number of rotatable bonds is 5. The largest absolute Gasteiger partial charge is 0.325 e. The summed E-state index contributed by atoms with van der Waals surface area (Å²) >= 11 is 5.83. The fourth-order valence-electron chi connectivity index (χ4n) is 2.99. The van der Waals surface area contributed by atoms with Crippen LogP contribution in [0.2, 0.25) is 5.02 Å². The Morgan fingerprint density at radius 3 is 2.36 bits per heavy atom. The zero-order valence-electron chi connectivity index (χ0n) is 15.0. The predicted molar refractivity (Wildman–Crippen MR) is 106 cm³/mol. The number of nitriles is 1. The maximum atomic E-state index is 12.8. The topological polar surface area (TPSA) is 93.5 Å². The summed E-state index contributed by atoms with van der Waals surface area (Å²) in [6.07, 6.45) is 0. The maximum absolute atomic E-state index is 12.8. The summed E-state index contributed by atoms with van der Waals surface area (Å²) < 4.78 is 27.0. The van der Waals surface area contributed by atoms with Crippen molar-refractivity contribution >= 4 is 33.2 Å². The van der Waals surface area contributed by atoms with E-state index in [1.54, 1.807) is 36.4 Å². The van der Waals surface area contributed by atoms with Crippen molar-refractivity contribution < 1.29 is 13.2 Å². The molecule has 7 nitrogen and oxygen atoms in total. The molecule has 0 spiro atoms. The van der Waals surface area contributed by atoms with Crippen LogP contribution in [0.3, 0.4) is 0 Å². The summed E-state index contributed by atoms with van der Waals surface area (Å²) in [6.45, 7) is 1.56. The molecule has 0 atom stereocenters. The van der Waals surface area contributed by atoms with Crippen molar-refractivity contribution in [1.82, 2.24) is 9.21 Å². The van der Waals surface area contributed by atoms with E-state index < -0.39 is 10.0 Å². The van der Waals surface area contributed by atoms with Crippen LogP contribution in [0, 0.1) is 11.3 Å². The van der Waals surface area contributed by atoms with Crippen molar-refractivity contribution in [2.24, 2.45) is 0 Å². The van der Waals surface area contributed by atoms with E-state index in [9.17, 15) is 13.2 Å². The molecule has 9 heteroatoms. The number of carbonyl (C=O) groups is 1. The maximum Gasteiger partial charge on any atom is 0.244 e. The number of anilines is 1. The first-order valence-electron chi connectivity index (χ1n) is 8.67. The van der Waals surface area contributed by atoms with Crippen LogP contribution >= 0.6 is 11.6 Å². The molecular formula is C19H19ClN4O3S.